The van der Waals surface area contributed by atoms with Crippen molar-refractivity contribution in [2.45, 2.75) is 6.54 Å². The van der Waals surface area contributed by atoms with Gasteiger partial charge in [0, 0.05) is 0 Å². The first-order valence-electron chi connectivity index (χ1n) is 5.34. The molecule has 0 spiro atoms. The highest BCUT2D eigenvalue weighted by atomic mass is 15.2. The first-order valence-corrected chi connectivity index (χ1v) is 5.34. The van der Waals surface area contributed by atoms with Gasteiger partial charge in [-0.25, -0.2) is 0 Å². The Morgan fingerprint density at radius 3 is 2.38 bits per heavy atom. The summed E-state index contributed by atoms with van der Waals surface area (Å²) in [6.45, 7) is 4.55. The molecular formula is C13H20N3+. The molecular weight excluding hydrogens is 198 g/mol. The van der Waals surface area contributed by atoms with Gasteiger partial charge in [-0.1, -0.05) is 36.9 Å². The number of benzene rings is 1. The van der Waals surface area contributed by atoms with E-state index in [-0.39, 0.29) is 0 Å². The first-order chi connectivity index (χ1) is 7.67. The van der Waals surface area contributed by atoms with E-state index >= 15 is 0 Å². The standard InChI is InChI=1S/C13H19N3/c1-5-11-6-8-12(9-7-11)10-15-13(14-2)16(3)4/h5-9H,1,10H2,2-4H3,(H,14,15)/p+1. The highest BCUT2D eigenvalue weighted by molar-refractivity contribution is 5.74. The Balaban J connectivity index is 2.61. The molecule has 1 aromatic carbocycles. The van der Waals surface area contributed by atoms with Crippen LogP contribution in [0, 0.1) is 0 Å². The number of hydrogen-bond donors (Lipinski definition) is 2. The van der Waals surface area contributed by atoms with Crippen molar-refractivity contribution in [2.75, 3.05) is 21.1 Å². The van der Waals surface area contributed by atoms with Crippen molar-refractivity contribution < 1.29 is 4.58 Å². The minimum Gasteiger partial charge on any atom is -0.281 e. The molecule has 3 heteroatoms. The average molecular weight is 218 g/mol. The molecule has 16 heavy (non-hydrogen) atoms. The van der Waals surface area contributed by atoms with Gasteiger partial charge in [0.05, 0.1) is 27.7 Å². The fourth-order valence-corrected chi connectivity index (χ4v) is 1.43. The normalized spacial score (nSPS) is 9.44. The maximum Gasteiger partial charge on any atom is 0.345 e. The predicted molar refractivity (Wildman–Crippen MR) is 69.5 cm³/mol. The molecule has 1 aromatic rings. The van der Waals surface area contributed by atoms with Gasteiger partial charge < -0.3 is 0 Å². The molecule has 0 saturated heterocycles. The molecule has 0 bridgehead atoms. The van der Waals surface area contributed by atoms with E-state index in [1.807, 2.05) is 31.8 Å². The summed E-state index contributed by atoms with van der Waals surface area (Å²) in [5, 5.41) is 6.44. The monoisotopic (exact) mass is 218 g/mol. The van der Waals surface area contributed by atoms with Gasteiger partial charge in [0.2, 0.25) is 0 Å². The Kier molecular flexibility index (Phi) is 4.58. The zero-order valence-corrected chi connectivity index (χ0v) is 10.2. The Bertz CT molecular complexity index is 373. The van der Waals surface area contributed by atoms with Gasteiger partial charge >= 0.3 is 5.96 Å². The third-order valence-corrected chi connectivity index (χ3v) is 2.36. The van der Waals surface area contributed by atoms with Crippen molar-refractivity contribution in [1.29, 1.82) is 0 Å². The summed E-state index contributed by atoms with van der Waals surface area (Å²) in [7, 11) is 5.91. The van der Waals surface area contributed by atoms with Crippen molar-refractivity contribution >= 4 is 12.0 Å². The molecule has 0 aliphatic heterocycles. The number of rotatable bonds is 3. The number of hydrogen-bond acceptors (Lipinski definition) is 0. The topological polar surface area (TPSA) is 27.1 Å². The van der Waals surface area contributed by atoms with E-state index in [1.165, 1.54) is 5.56 Å². The molecule has 0 aliphatic carbocycles. The van der Waals surface area contributed by atoms with Gasteiger partial charge in [0.15, 0.2) is 0 Å². The Morgan fingerprint density at radius 1 is 1.31 bits per heavy atom. The molecule has 0 amide bonds. The van der Waals surface area contributed by atoms with Crippen LogP contribution in [0.1, 0.15) is 11.1 Å². The molecule has 0 saturated carbocycles. The van der Waals surface area contributed by atoms with Crippen LogP contribution in [0.15, 0.2) is 30.8 Å². The van der Waals surface area contributed by atoms with Crippen LogP contribution in [0.2, 0.25) is 0 Å². The Labute approximate surface area is 97.5 Å². The molecule has 0 unspecified atom stereocenters. The third-order valence-electron chi connectivity index (χ3n) is 2.36. The zero-order chi connectivity index (χ0) is 12.0. The molecule has 2 N–H and O–H groups in total. The fourth-order valence-electron chi connectivity index (χ4n) is 1.43. The average Bonchev–Trinajstić information content (AvgIpc) is 2.30. The lowest BCUT2D eigenvalue weighted by atomic mass is 10.1. The molecule has 0 aromatic heterocycles. The van der Waals surface area contributed by atoms with E-state index in [9.17, 15) is 0 Å². The van der Waals surface area contributed by atoms with Crippen LogP contribution >= 0.6 is 0 Å². The maximum atomic E-state index is 3.73. The summed E-state index contributed by atoms with van der Waals surface area (Å²) in [4.78, 5) is 0. The molecule has 3 nitrogen and oxygen atoms in total. The molecule has 0 heterocycles. The van der Waals surface area contributed by atoms with Crippen LogP contribution in [0.3, 0.4) is 0 Å². The van der Waals surface area contributed by atoms with Crippen LogP contribution in [0.5, 0.6) is 0 Å². The smallest absolute Gasteiger partial charge is 0.281 e. The predicted octanol–water partition coefficient (Wildman–Crippen LogP) is 1.27. The lowest BCUT2D eigenvalue weighted by Crippen LogP contribution is -2.40. The number of nitrogens with one attached hydrogen (secondary N) is 2. The van der Waals surface area contributed by atoms with Crippen molar-refractivity contribution in [3.8, 4) is 0 Å². The van der Waals surface area contributed by atoms with Gasteiger partial charge in [-0.05, 0) is 11.1 Å². The molecule has 0 atom stereocenters. The summed E-state index contributed by atoms with van der Waals surface area (Å²) in [6.07, 6.45) is 1.85. The van der Waals surface area contributed by atoms with E-state index in [0.29, 0.717) is 0 Å². The first kappa shape index (κ1) is 12.3. The Hall–Kier alpha value is -1.77. The quantitative estimate of drug-likeness (QED) is 0.454. The summed E-state index contributed by atoms with van der Waals surface area (Å²) < 4.78 is 2.01. The molecule has 0 aliphatic rings. The zero-order valence-electron chi connectivity index (χ0n) is 10.2. The molecule has 0 fully saturated rings. The molecule has 86 valence electrons. The van der Waals surface area contributed by atoms with Crippen molar-refractivity contribution in [2.24, 2.45) is 0 Å². The minimum absolute atomic E-state index is 0.811. The summed E-state index contributed by atoms with van der Waals surface area (Å²) in [5.74, 6) is 1.01. The van der Waals surface area contributed by atoms with E-state index in [4.69, 9.17) is 0 Å². The van der Waals surface area contributed by atoms with Crippen LogP contribution in [-0.4, -0.2) is 31.7 Å². The third kappa shape index (κ3) is 3.42. The highest BCUT2D eigenvalue weighted by Crippen LogP contribution is 2.04. The fraction of sp³-hybridized carbons (Fsp3) is 0.308. The highest BCUT2D eigenvalue weighted by Gasteiger charge is 2.03. The summed E-state index contributed by atoms with van der Waals surface area (Å²) in [6, 6.07) is 8.34. The van der Waals surface area contributed by atoms with Crippen molar-refractivity contribution in [3.63, 3.8) is 0 Å². The van der Waals surface area contributed by atoms with Gasteiger partial charge in [0.1, 0.15) is 0 Å². The second kappa shape index (κ2) is 5.95. The Morgan fingerprint density at radius 2 is 1.94 bits per heavy atom. The van der Waals surface area contributed by atoms with Crippen LogP contribution in [0.4, 0.5) is 0 Å². The van der Waals surface area contributed by atoms with Gasteiger partial charge in [-0.2, -0.15) is 0 Å². The van der Waals surface area contributed by atoms with E-state index in [0.717, 1.165) is 18.1 Å². The minimum atomic E-state index is 0.811. The second-order valence-electron chi connectivity index (χ2n) is 3.79. The van der Waals surface area contributed by atoms with Gasteiger partial charge in [-0.15, -0.1) is 0 Å². The lowest BCUT2D eigenvalue weighted by Gasteiger charge is -2.06. The largest absolute Gasteiger partial charge is 0.345 e. The number of nitrogens with zero attached hydrogens (tertiary/aromatic N) is 1. The summed E-state index contributed by atoms with van der Waals surface area (Å²) in [5.41, 5.74) is 2.40. The van der Waals surface area contributed by atoms with Gasteiger partial charge in [-0.3, -0.25) is 15.2 Å². The van der Waals surface area contributed by atoms with Crippen LogP contribution in [0.25, 0.3) is 6.08 Å². The summed E-state index contributed by atoms with van der Waals surface area (Å²) >= 11 is 0. The second-order valence-corrected chi connectivity index (χ2v) is 3.79. The van der Waals surface area contributed by atoms with E-state index in [2.05, 4.69) is 41.5 Å². The van der Waals surface area contributed by atoms with Crippen LogP contribution < -0.4 is 10.6 Å². The van der Waals surface area contributed by atoms with E-state index in [1.54, 1.807) is 0 Å². The maximum absolute atomic E-state index is 3.73. The van der Waals surface area contributed by atoms with Crippen LogP contribution in [-0.2, 0) is 6.54 Å². The molecule has 0 radical (unpaired) electrons. The van der Waals surface area contributed by atoms with Crippen molar-refractivity contribution in [3.05, 3.63) is 42.0 Å². The van der Waals surface area contributed by atoms with Gasteiger partial charge in [0.25, 0.3) is 0 Å². The van der Waals surface area contributed by atoms with Crippen molar-refractivity contribution in [1.82, 2.24) is 10.6 Å². The number of guanidine groups is 1. The molecule has 1 rings (SSSR count). The van der Waals surface area contributed by atoms with E-state index < -0.39 is 0 Å². The SMILES string of the molecule is C=Cc1ccc(CNC(NC)=[N+](C)C)cc1. The lowest BCUT2D eigenvalue weighted by molar-refractivity contribution is -0.469.